The average molecular weight is 419 g/mol. The Morgan fingerprint density at radius 3 is 2.26 bits per heavy atom. The van der Waals surface area contributed by atoms with Gasteiger partial charge in [0.1, 0.15) is 11.5 Å². The number of benzene rings is 3. The van der Waals surface area contributed by atoms with Crippen LogP contribution in [0.15, 0.2) is 42.5 Å². The topological polar surface area (TPSA) is 65.1 Å². The molecule has 0 N–H and O–H groups in total. The predicted molar refractivity (Wildman–Crippen MR) is 119 cm³/mol. The molecule has 6 heteroatoms. The molecule has 4 rings (SSSR count). The van der Waals surface area contributed by atoms with E-state index in [0.29, 0.717) is 36.6 Å². The van der Waals surface area contributed by atoms with Crippen molar-refractivity contribution in [3.8, 4) is 11.5 Å². The maximum Gasteiger partial charge on any atom is 0.337 e. The highest BCUT2D eigenvalue weighted by Gasteiger charge is 2.37. The number of carbonyl (C=O) groups excluding carboxylic acids is 2. The number of rotatable bonds is 6. The number of anilines is 1. The summed E-state index contributed by atoms with van der Waals surface area (Å²) in [5.41, 5.74) is 3.36. The van der Waals surface area contributed by atoms with Gasteiger partial charge in [-0.3, -0.25) is 4.79 Å². The lowest BCUT2D eigenvalue weighted by Crippen LogP contribution is -2.24. The summed E-state index contributed by atoms with van der Waals surface area (Å²) in [6.45, 7) is 7.02. The third-order valence-electron chi connectivity index (χ3n) is 5.48. The molecule has 0 spiro atoms. The van der Waals surface area contributed by atoms with Crippen molar-refractivity contribution < 1.29 is 23.8 Å². The predicted octanol–water partition coefficient (Wildman–Crippen LogP) is 4.89. The van der Waals surface area contributed by atoms with Gasteiger partial charge in [0.2, 0.25) is 0 Å². The van der Waals surface area contributed by atoms with Crippen LogP contribution in [0.1, 0.15) is 45.7 Å². The molecule has 1 aliphatic heterocycles. The van der Waals surface area contributed by atoms with Crippen LogP contribution in [-0.2, 0) is 11.3 Å². The van der Waals surface area contributed by atoms with Crippen LogP contribution in [0.3, 0.4) is 0 Å². The minimum Gasteiger partial charge on any atom is -0.493 e. The molecule has 3 aromatic carbocycles. The second-order valence-corrected chi connectivity index (χ2v) is 7.31. The highest BCUT2D eigenvalue weighted by molar-refractivity contribution is 6.17. The van der Waals surface area contributed by atoms with E-state index in [1.165, 1.54) is 7.11 Å². The van der Waals surface area contributed by atoms with Gasteiger partial charge in [-0.05, 0) is 44.5 Å². The van der Waals surface area contributed by atoms with Crippen molar-refractivity contribution in [3.63, 3.8) is 0 Å². The lowest BCUT2D eigenvalue weighted by Gasteiger charge is -2.19. The van der Waals surface area contributed by atoms with Gasteiger partial charge in [-0.25, -0.2) is 4.79 Å². The van der Waals surface area contributed by atoms with Gasteiger partial charge in [0.25, 0.3) is 5.91 Å². The summed E-state index contributed by atoms with van der Waals surface area (Å²) in [4.78, 5) is 27.2. The smallest absolute Gasteiger partial charge is 0.337 e. The van der Waals surface area contributed by atoms with Crippen LogP contribution in [0.4, 0.5) is 5.69 Å². The first-order valence-electron chi connectivity index (χ1n) is 10.4. The Hall–Kier alpha value is -3.54. The maximum absolute atomic E-state index is 13.6. The number of aryl methyl sites for hydroxylation is 1. The van der Waals surface area contributed by atoms with Crippen LogP contribution in [-0.4, -0.2) is 32.2 Å². The fourth-order valence-electron chi connectivity index (χ4n) is 4.17. The Balaban J connectivity index is 1.88. The summed E-state index contributed by atoms with van der Waals surface area (Å²) in [6.07, 6.45) is 0. The molecule has 1 heterocycles. The number of ether oxygens (including phenoxy) is 3. The molecule has 1 aliphatic rings. The van der Waals surface area contributed by atoms with Gasteiger partial charge in [0.15, 0.2) is 0 Å². The third-order valence-corrected chi connectivity index (χ3v) is 5.48. The van der Waals surface area contributed by atoms with Crippen LogP contribution in [0.25, 0.3) is 10.8 Å². The average Bonchev–Trinajstić information content (AvgIpc) is 3.12. The van der Waals surface area contributed by atoms with Gasteiger partial charge in [-0.2, -0.15) is 0 Å². The number of amides is 1. The molecule has 0 aromatic heterocycles. The Labute approximate surface area is 181 Å². The lowest BCUT2D eigenvalue weighted by molar-refractivity contribution is 0.0600. The molecule has 6 nitrogen and oxygen atoms in total. The number of hydrogen-bond donors (Lipinski definition) is 0. The van der Waals surface area contributed by atoms with E-state index >= 15 is 0 Å². The Morgan fingerprint density at radius 2 is 1.65 bits per heavy atom. The molecular weight excluding hydrogens is 394 g/mol. The minimum atomic E-state index is -0.408. The first-order valence-corrected chi connectivity index (χ1v) is 10.4. The second kappa shape index (κ2) is 8.30. The zero-order valence-electron chi connectivity index (χ0n) is 18.2. The molecule has 0 atom stereocenters. The molecule has 0 aliphatic carbocycles. The third kappa shape index (κ3) is 3.38. The van der Waals surface area contributed by atoms with Crippen molar-refractivity contribution in [2.45, 2.75) is 27.3 Å². The van der Waals surface area contributed by atoms with Crippen molar-refractivity contribution >= 4 is 28.3 Å². The van der Waals surface area contributed by atoms with E-state index in [4.69, 9.17) is 14.2 Å². The maximum atomic E-state index is 13.6. The van der Waals surface area contributed by atoms with E-state index in [1.807, 2.05) is 45.0 Å². The van der Waals surface area contributed by atoms with Gasteiger partial charge >= 0.3 is 5.97 Å². The fourth-order valence-corrected chi connectivity index (χ4v) is 4.17. The van der Waals surface area contributed by atoms with E-state index in [9.17, 15) is 9.59 Å². The van der Waals surface area contributed by atoms with E-state index in [1.54, 1.807) is 23.1 Å². The summed E-state index contributed by atoms with van der Waals surface area (Å²) in [5, 5.41) is 1.79. The molecule has 0 bridgehead atoms. The van der Waals surface area contributed by atoms with Crippen molar-refractivity contribution in [2.75, 3.05) is 25.2 Å². The Kier molecular flexibility index (Phi) is 5.55. The monoisotopic (exact) mass is 419 g/mol. The number of hydrogen-bond acceptors (Lipinski definition) is 5. The Bertz CT molecular complexity index is 1180. The number of esters is 1. The summed E-state index contributed by atoms with van der Waals surface area (Å²) >= 11 is 0. The summed E-state index contributed by atoms with van der Waals surface area (Å²) < 4.78 is 16.8. The summed E-state index contributed by atoms with van der Waals surface area (Å²) in [5.74, 6) is 0.761. The van der Waals surface area contributed by atoms with Gasteiger partial charge in [-0.1, -0.05) is 24.3 Å². The largest absolute Gasteiger partial charge is 0.493 e. The standard InChI is InChI=1S/C25H25NO5/c1-5-30-22-17-9-7-8-10-18(17)23(31-6-2)21-19(22)14-26(24(21)27)20-12-11-16(13-15(20)3)25(28)29-4/h7-13H,5-6,14H2,1-4H3. The molecule has 1 amide bonds. The van der Waals surface area contributed by atoms with Gasteiger partial charge in [-0.15, -0.1) is 0 Å². The Morgan fingerprint density at radius 1 is 1.00 bits per heavy atom. The summed E-state index contributed by atoms with van der Waals surface area (Å²) in [7, 11) is 1.35. The van der Waals surface area contributed by atoms with Crippen molar-refractivity contribution in [1.29, 1.82) is 0 Å². The van der Waals surface area contributed by atoms with Crippen molar-refractivity contribution in [2.24, 2.45) is 0 Å². The number of fused-ring (bicyclic) bond motifs is 2. The van der Waals surface area contributed by atoms with Crippen molar-refractivity contribution in [1.82, 2.24) is 0 Å². The highest BCUT2D eigenvalue weighted by Crippen LogP contribution is 2.46. The second-order valence-electron chi connectivity index (χ2n) is 7.31. The normalized spacial score (nSPS) is 12.8. The zero-order valence-corrected chi connectivity index (χ0v) is 18.2. The molecule has 160 valence electrons. The number of nitrogens with zero attached hydrogens (tertiary/aromatic N) is 1. The molecule has 0 unspecified atom stereocenters. The van der Waals surface area contributed by atoms with Crippen LogP contribution in [0.2, 0.25) is 0 Å². The van der Waals surface area contributed by atoms with E-state index in [0.717, 1.165) is 33.3 Å². The molecule has 0 fully saturated rings. The van der Waals surface area contributed by atoms with Crippen LogP contribution in [0.5, 0.6) is 11.5 Å². The van der Waals surface area contributed by atoms with E-state index < -0.39 is 5.97 Å². The van der Waals surface area contributed by atoms with Crippen LogP contribution >= 0.6 is 0 Å². The fraction of sp³-hybridized carbons (Fsp3) is 0.280. The molecule has 3 aromatic rings. The first-order chi connectivity index (χ1) is 15.0. The van der Waals surface area contributed by atoms with Gasteiger partial charge in [0.05, 0.1) is 38.0 Å². The summed E-state index contributed by atoms with van der Waals surface area (Å²) in [6, 6.07) is 13.0. The van der Waals surface area contributed by atoms with E-state index in [2.05, 4.69) is 0 Å². The van der Waals surface area contributed by atoms with Crippen molar-refractivity contribution in [3.05, 3.63) is 64.7 Å². The minimum absolute atomic E-state index is 0.140. The van der Waals surface area contributed by atoms with E-state index in [-0.39, 0.29) is 5.91 Å². The molecule has 31 heavy (non-hydrogen) atoms. The van der Waals surface area contributed by atoms with Gasteiger partial charge in [0, 0.05) is 22.0 Å². The SMILES string of the molecule is CCOc1c2c(c(OCC)c3ccccc13)C(=O)N(c1ccc(C(=O)OC)cc1C)C2. The molecule has 0 radical (unpaired) electrons. The quantitative estimate of drug-likeness (QED) is 0.532. The molecule has 0 saturated carbocycles. The number of methoxy groups -OCH3 is 1. The zero-order chi connectivity index (χ0) is 22.1. The lowest BCUT2D eigenvalue weighted by atomic mass is 9.99. The van der Waals surface area contributed by atoms with Crippen LogP contribution < -0.4 is 14.4 Å². The number of carbonyl (C=O) groups is 2. The van der Waals surface area contributed by atoms with Crippen LogP contribution in [0, 0.1) is 6.92 Å². The molecular formula is C25H25NO5. The molecule has 0 saturated heterocycles. The highest BCUT2D eigenvalue weighted by atomic mass is 16.5. The van der Waals surface area contributed by atoms with Gasteiger partial charge < -0.3 is 19.1 Å². The first kappa shape index (κ1) is 20.7.